The number of rotatable bonds is 4. The van der Waals surface area contributed by atoms with Crippen LogP contribution in [0.1, 0.15) is 17.5 Å². The number of hydrogen-bond donors (Lipinski definition) is 0. The fourth-order valence-corrected chi connectivity index (χ4v) is 4.33. The van der Waals surface area contributed by atoms with Gasteiger partial charge in [0, 0.05) is 24.8 Å². The molecule has 1 amide bonds. The van der Waals surface area contributed by atoms with Gasteiger partial charge < -0.3 is 4.90 Å². The van der Waals surface area contributed by atoms with Crippen molar-refractivity contribution in [2.24, 2.45) is 0 Å². The normalized spacial score (nSPS) is 16.9. The van der Waals surface area contributed by atoms with Crippen molar-refractivity contribution >= 4 is 17.7 Å². The predicted molar refractivity (Wildman–Crippen MR) is 108 cm³/mol. The van der Waals surface area contributed by atoms with Crippen molar-refractivity contribution in [1.82, 2.24) is 19.7 Å². The molecule has 5 nitrogen and oxygen atoms in total. The van der Waals surface area contributed by atoms with Gasteiger partial charge in [-0.3, -0.25) is 9.36 Å². The van der Waals surface area contributed by atoms with Crippen LogP contribution in [0.5, 0.6) is 0 Å². The van der Waals surface area contributed by atoms with Crippen molar-refractivity contribution in [3.05, 3.63) is 59.7 Å². The second-order valence-electron chi connectivity index (χ2n) is 7.00. The molecule has 4 rings (SSSR count). The molecule has 0 spiro atoms. The highest BCUT2D eigenvalue weighted by Gasteiger charge is 2.32. The van der Waals surface area contributed by atoms with Crippen molar-refractivity contribution in [2.75, 3.05) is 13.6 Å². The van der Waals surface area contributed by atoms with Crippen LogP contribution in [0, 0.1) is 13.8 Å². The van der Waals surface area contributed by atoms with E-state index in [4.69, 9.17) is 0 Å². The summed E-state index contributed by atoms with van der Waals surface area (Å²) in [4.78, 5) is 14.1. The zero-order valence-electron chi connectivity index (χ0n) is 15.7. The number of benzene rings is 2. The Bertz CT molecular complexity index is 963. The first-order valence-electron chi connectivity index (χ1n) is 9.04. The van der Waals surface area contributed by atoms with Gasteiger partial charge in [0.1, 0.15) is 0 Å². The molecule has 1 saturated heterocycles. The highest BCUT2D eigenvalue weighted by molar-refractivity contribution is 8.00. The molecule has 0 aliphatic carbocycles. The largest absolute Gasteiger partial charge is 0.345 e. The Morgan fingerprint density at radius 2 is 1.59 bits per heavy atom. The van der Waals surface area contributed by atoms with E-state index in [1.807, 2.05) is 7.05 Å². The number of likely N-dealkylation sites (tertiary alicyclic amines) is 1. The molecule has 1 aliphatic heterocycles. The Kier molecular flexibility index (Phi) is 4.74. The van der Waals surface area contributed by atoms with Crippen LogP contribution < -0.4 is 0 Å². The van der Waals surface area contributed by atoms with Crippen LogP contribution in [0.4, 0.5) is 0 Å². The standard InChI is InChI=1S/C21H22N4OS/c1-14-4-8-16(9-5-14)19-22-23-21(27-18-12-13-24(3)20(18)26)25(19)17-10-6-15(2)7-11-17/h4-11,18H,12-13H2,1-3H3. The molecule has 0 saturated carbocycles. The minimum atomic E-state index is -0.103. The number of amides is 1. The number of thioether (sulfide) groups is 1. The Morgan fingerprint density at radius 1 is 0.963 bits per heavy atom. The summed E-state index contributed by atoms with van der Waals surface area (Å²) in [6.45, 7) is 4.93. The average Bonchev–Trinajstić information content (AvgIpc) is 3.22. The Morgan fingerprint density at radius 3 is 2.19 bits per heavy atom. The first-order valence-corrected chi connectivity index (χ1v) is 9.92. The second-order valence-corrected chi connectivity index (χ2v) is 8.17. The van der Waals surface area contributed by atoms with Crippen molar-refractivity contribution in [3.63, 3.8) is 0 Å². The van der Waals surface area contributed by atoms with Gasteiger partial charge in [0.2, 0.25) is 5.91 Å². The van der Waals surface area contributed by atoms with Crippen LogP contribution in [-0.4, -0.2) is 44.4 Å². The summed E-state index contributed by atoms with van der Waals surface area (Å²) in [6.07, 6.45) is 0.834. The number of aryl methyl sites for hydroxylation is 2. The third-order valence-corrected chi connectivity index (χ3v) is 6.06. The predicted octanol–water partition coefficient (Wildman–Crippen LogP) is 3.87. The fourth-order valence-electron chi connectivity index (χ4n) is 3.19. The highest BCUT2D eigenvalue weighted by atomic mass is 32.2. The topological polar surface area (TPSA) is 51.0 Å². The Labute approximate surface area is 163 Å². The van der Waals surface area contributed by atoms with Gasteiger partial charge in [0.25, 0.3) is 0 Å². The smallest absolute Gasteiger partial charge is 0.235 e. The van der Waals surface area contributed by atoms with Crippen LogP contribution in [0.15, 0.2) is 53.7 Å². The number of hydrogen-bond acceptors (Lipinski definition) is 4. The maximum atomic E-state index is 12.4. The number of carbonyl (C=O) groups is 1. The zero-order chi connectivity index (χ0) is 19.0. The molecule has 138 valence electrons. The molecule has 27 heavy (non-hydrogen) atoms. The summed E-state index contributed by atoms with van der Waals surface area (Å²) in [6, 6.07) is 16.6. The molecular weight excluding hydrogens is 356 g/mol. The van der Waals surface area contributed by atoms with E-state index in [1.54, 1.807) is 4.90 Å². The van der Waals surface area contributed by atoms with Gasteiger partial charge in [-0.25, -0.2) is 0 Å². The molecule has 1 atom stereocenters. The van der Waals surface area contributed by atoms with Gasteiger partial charge in [-0.05, 0) is 32.4 Å². The lowest BCUT2D eigenvalue weighted by Gasteiger charge is -2.13. The lowest BCUT2D eigenvalue weighted by molar-refractivity contribution is -0.126. The minimum Gasteiger partial charge on any atom is -0.345 e. The van der Waals surface area contributed by atoms with E-state index in [9.17, 15) is 4.79 Å². The minimum absolute atomic E-state index is 0.103. The van der Waals surface area contributed by atoms with E-state index in [0.717, 1.165) is 35.2 Å². The SMILES string of the molecule is Cc1ccc(-c2nnc(SC3CCN(C)C3=O)n2-c2ccc(C)cc2)cc1. The highest BCUT2D eigenvalue weighted by Crippen LogP contribution is 2.33. The molecule has 2 aromatic carbocycles. The Balaban J connectivity index is 1.78. The molecule has 0 bridgehead atoms. The van der Waals surface area contributed by atoms with Crippen LogP contribution in [0.25, 0.3) is 17.1 Å². The maximum Gasteiger partial charge on any atom is 0.235 e. The summed E-state index contributed by atoms with van der Waals surface area (Å²) in [5.41, 5.74) is 4.41. The molecule has 0 N–H and O–H groups in total. The molecule has 6 heteroatoms. The summed E-state index contributed by atoms with van der Waals surface area (Å²) in [7, 11) is 1.85. The first kappa shape index (κ1) is 17.8. The monoisotopic (exact) mass is 378 g/mol. The molecular formula is C21H22N4OS. The van der Waals surface area contributed by atoms with Crippen molar-refractivity contribution in [2.45, 2.75) is 30.7 Å². The van der Waals surface area contributed by atoms with E-state index in [2.05, 4.69) is 77.1 Å². The van der Waals surface area contributed by atoms with Gasteiger partial charge >= 0.3 is 0 Å². The van der Waals surface area contributed by atoms with Crippen LogP contribution in [0.2, 0.25) is 0 Å². The quantitative estimate of drug-likeness (QED) is 0.691. The summed E-state index contributed by atoms with van der Waals surface area (Å²) < 4.78 is 2.06. The van der Waals surface area contributed by atoms with Crippen molar-refractivity contribution in [1.29, 1.82) is 0 Å². The lowest BCUT2D eigenvalue weighted by Crippen LogP contribution is -2.24. The van der Waals surface area contributed by atoms with Gasteiger partial charge in [-0.2, -0.15) is 0 Å². The Hall–Kier alpha value is -2.60. The number of aromatic nitrogens is 3. The molecule has 3 aromatic rings. The van der Waals surface area contributed by atoms with Crippen molar-refractivity contribution < 1.29 is 4.79 Å². The van der Waals surface area contributed by atoms with Crippen LogP contribution in [-0.2, 0) is 4.79 Å². The van der Waals surface area contributed by atoms with E-state index in [1.165, 1.54) is 22.9 Å². The van der Waals surface area contributed by atoms with Gasteiger partial charge in [-0.1, -0.05) is 59.3 Å². The second kappa shape index (κ2) is 7.19. The third kappa shape index (κ3) is 3.49. The molecule has 1 unspecified atom stereocenters. The molecule has 1 aliphatic rings. The molecule has 1 fully saturated rings. The van der Waals surface area contributed by atoms with Crippen LogP contribution >= 0.6 is 11.8 Å². The molecule has 1 aromatic heterocycles. The van der Waals surface area contributed by atoms with Gasteiger partial charge in [0.15, 0.2) is 11.0 Å². The zero-order valence-corrected chi connectivity index (χ0v) is 16.5. The lowest BCUT2D eigenvalue weighted by atomic mass is 10.1. The summed E-state index contributed by atoms with van der Waals surface area (Å²) >= 11 is 1.51. The number of carbonyl (C=O) groups excluding carboxylic acids is 1. The van der Waals surface area contributed by atoms with E-state index in [-0.39, 0.29) is 11.2 Å². The summed E-state index contributed by atoms with van der Waals surface area (Å²) in [5.74, 6) is 0.954. The van der Waals surface area contributed by atoms with E-state index < -0.39 is 0 Å². The molecule has 2 heterocycles. The van der Waals surface area contributed by atoms with Gasteiger partial charge in [0.05, 0.1) is 5.25 Å². The number of nitrogens with zero attached hydrogens (tertiary/aromatic N) is 4. The van der Waals surface area contributed by atoms with E-state index in [0.29, 0.717) is 0 Å². The van der Waals surface area contributed by atoms with Crippen molar-refractivity contribution in [3.8, 4) is 17.1 Å². The third-order valence-electron chi connectivity index (χ3n) is 4.86. The van der Waals surface area contributed by atoms with Gasteiger partial charge in [-0.15, -0.1) is 10.2 Å². The van der Waals surface area contributed by atoms with E-state index >= 15 is 0 Å². The first-order chi connectivity index (χ1) is 13.0. The molecule has 0 radical (unpaired) electrons. The fraction of sp³-hybridized carbons (Fsp3) is 0.286. The summed E-state index contributed by atoms with van der Waals surface area (Å²) in [5, 5.41) is 9.56. The van der Waals surface area contributed by atoms with Crippen LogP contribution in [0.3, 0.4) is 0 Å². The maximum absolute atomic E-state index is 12.4. The average molecular weight is 379 g/mol.